The number of benzene rings is 1. The molecule has 1 aromatic carbocycles. The van der Waals surface area contributed by atoms with Crippen LogP contribution in [0.4, 0.5) is 0 Å². The third kappa shape index (κ3) is 4.49. The molecule has 168 valence electrons. The Hall–Kier alpha value is -1.97. The van der Waals surface area contributed by atoms with Crippen molar-refractivity contribution in [3.63, 3.8) is 0 Å². The molecule has 0 unspecified atom stereocenters. The lowest BCUT2D eigenvalue weighted by molar-refractivity contribution is 0.129. The minimum atomic E-state index is 0.256. The summed E-state index contributed by atoms with van der Waals surface area (Å²) in [6, 6.07) is 4.12. The molecule has 0 saturated carbocycles. The van der Waals surface area contributed by atoms with Crippen molar-refractivity contribution in [2.75, 3.05) is 39.4 Å². The lowest BCUT2D eigenvalue weighted by Crippen LogP contribution is -2.33. The van der Waals surface area contributed by atoms with E-state index in [9.17, 15) is 0 Å². The van der Waals surface area contributed by atoms with Crippen molar-refractivity contribution in [3.8, 4) is 17.2 Å². The summed E-state index contributed by atoms with van der Waals surface area (Å²) in [5, 5.41) is 10.00. The van der Waals surface area contributed by atoms with E-state index >= 15 is 0 Å². The molecule has 0 amide bonds. The van der Waals surface area contributed by atoms with E-state index in [2.05, 4.69) is 38.8 Å². The maximum atomic E-state index is 5.73. The Morgan fingerprint density at radius 2 is 2.03 bits per heavy atom. The van der Waals surface area contributed by atoms with Gasteiger partial charge in [0.25, 0.3) is 0 Å². The number of hydrogen-bond acceptors (Lipinski definition) is 8. The lowest BCUT2D eigenvalue weighted by atomic mass is 9.95. The van der Waals surface area contributed by atoms with Crippen LogP contribution in [0.25, 0.3) is 0 Å². The fourth-order valence-corrected chi connectivity index (χ4v) is 5.62. The van der Waals surface area contributed by atoms with Crippen LogP contribution in [0.3, 0.4) is 0 Å². The minimum Gasteiger partial charge on any atom is -0.493 e. The number of fused-ring (bicyclic) bond motifs is 1. The number of thioether (sulfide) groups is 1. The molecule has 3 aliphatic heterocycles. The molecule has 4 heterocycles. The van der Waals surface area contributed by atoms with E-state index in [1.807, 2.05) is 0 Å². The second-order valence-electron chi connectivity index (χ2n) is 8.43. The van der Waals surface area contributed by atoms with Crippen LogP contribution in [0.1, 0.15) is 43.0 Å². The van der Waals surface area contributed by atoms with Gasteiger partial charge in [-0.15, -0.1) is 10.2 Å². The molecule has 2 saturated heterocycles. The molecule has 0 N–H and O–H groups in total. The average Bonchev–Trinajstić information content (AvgIpc) is 3.54. The van der Waals surface area contributed by atoms with E-state index in [1.165, 1.54) is 12.0 Å². The first-order chi connectivity index (χ1) is 15.2. The van der Waals surface area contributed by atoms with Crippen molar-refractivity contribution < 1.29 is 18.9 Å². The Morgan fingerprint density at radius 1 is 1.16 bits per heavy atom. The molecule has 9 heteroatoms. The van der Waals surface area contributed by atoms with Gasteiger partial charge in [0, 0.05) is 31.9 Å². The summed E-state index contributed by atoms with van der Waals surface area (Å²) in [5.41, 5.74) is 1.19. The Balaban J connectivity index is 1.17. The molecule has 1 atom stereocenters. The molecular weight excluding hydrogens is 416 g/mol. The van der Waals surface area contributed by atoms with Crippen molar-refractivity contribution in [2.24, 2.45) is 7.05 Å². The molecule has 0 spiro atoms. The number of aromatic nitrogens is 3. The molecule has 3 aliphatic rings. The normalized spacial score (nSPS) is 21.7. The molecule has 31 heavy (non-hydrogen) atoms. The number of methoxy groups -OCH3 is 1. The third-order valence-electron chi connectivity index (χ3n) is 6.37. The van der Waals surface area contributed by atoms with Crippen molar-refractivity contribution >= 4 is 11.8 Å². The van der Waals surface area contributed by atoms with Crippen LogP contribution < -0.4 is 14.2 Å². The molecule has 2 fully saturated rings. The van der Waals surface area contributed by atoms with Crippen LogP contribution in [0, 0.1) is 0 Å². The number of nitrogens with zero attached hydrogens (tertiary/aromatic N) is 4. The van der Waals surface area contributed by atoms with E-state index in [0.717, 1.165) is 73.7 Å². The highest BCUT2D eigenvalue weighted by Gasteiger charge is 2.27. The van der Waals surface area contributed by atoms with Crippen LogP contribution in [-0.2, 0) is 18.3 Å². The molecule has 1 aromatic heterocycles. The lowest BCUT2D eigenvalue weighted by Gasteiger charge is -2.31. The van der Waals surface area contributed by atoms with Crippen LogP contribution in [0.15, 0.2) is 17.3 Å². The first kappa shape index (κ1) is 20.9. The Kier molecular flexibility index (Phi) is 6.24. The molecule has 8 nitrogen and oxygen atoms in total. The summed E-state index contributed by atoms with van der Waals surface area (Å²) >= 11 is 1.76. The highest BCUT2D eigenvalue weighted by atomic mass is 32.2. The van der Waals surface area contributed by atoms with E-state index in [1.54, 1.807) is 18.9 Å². The summed E-state index contributed by atoms with van der Waals surface area (Å²) in [4.78, 5) is 2.48. The summed E-state index contributed by atoms with van der Waals surface area (Å²) in [5.74, 6) is 4.75. The topological polar surface area (TPSA) is 70.9 Å². The van der Waals surface area contributed by atoms with Crippen LogP contribution in [-0.4, -0.2) is 65.1 Å². The summed E-state index contributed by atoms with van der Waals surface area (Å²) in [7, 11) is 3.76. The highest BCUT2D eigenvalue weighted by Crippen LogP contribution is 2.42. The van der Waals surface area contributed by atoms with Gasteiger partial charge in [-0.3, -0.25) is 4.90 Å². The molecule has 5 rings (SSSR count). The van der Waals surface area contributed by atoms with Crippen molar-refractivity contribution in [2.45, 2.75) is 49.4 Å². The maximum absolute atomic E-state index is 5.73. The van der Waals surface area contributed by atoms with E-state index < -0.39 is 0 Å². The van der Waals surface area contributed by atoms with Gasteiger partial charge in [-0.2, -0.15) is 0 Å². The van der Waals surface area contributed by atoms with Gasteiger partial charge in [-0.25, -0.2) is 0 Å². The Bertz CT molecular complexity index is 907. The summed E-state index contributed by atoms with van der Waals surface area (Å²) in [6.45, 7) is 4.10. The number of hydrogen-bond donors (Lipinski definition) is 0. The van der Waals surface area contributed by atoms with Crippen LogP contribution >= 0.6 is 11.8 Å². The first-order valence-electron chi connectivity index (χ1n) is 11.0. The molecule has 0 aliphatic carbocycles. The average molecular weight is 447 g/mol. The second kappa shape index (κ2) is 9.26. The predicted molar refractivity (Wildman–Crippen MR) is 117 cm³/mol. The van der Waals surface area contributed by atoms with Crippen LogP contribution in [0.2, 0.25) is 0 Å². The van der Waals surface area contributed by atoms with Gasteiger partial charge in [0.1, 0.15) is 5.82 Å². The molecular formula is C22H30N4O4S. The fourth-order valence-electron chi connectivity index (χ4n) is 4.63. The zero-order valence-electron chi connectivity index (χ0n) is 18.2. The number of piperidine rings is 1. The number of ether oxygens (including phenoxy) is 4. The quantitative estimate of drug-likeness (QED) is 0.601. The summed E-state index contributed by atoms with van der Waals surface area (Å²) in [6.07, 6.45) is 4.87. The van der Waals surface area contributed by atoms with E-state index in [-0.39, 0.29) is 6.79 Å². The zero-order valence-corrected chi connectivity index (χ0v) is 19.0. The summed E-state index contributed by atoms with van der Waals surface area (Å²) < 4.78 is 24.5. The van der Waals surface area contributed by atoms with Gasteiger partial charge >= 0.3 is 0 Å². The molecule has 2 aromatic rings. The number of likely N-dealkylation sites (tertiary alicyclic amines) is 1. The first-order valence-corrected chi connectivity index (χ1v) is 12.0. The Morgan fingerprint density at radius 3 is 2.81 bits per heavy atom. The van der Waals surface area contributed by atoms with Crippen LogP contribution in [0.5, 0.6) is 17.2 Å². The van der Waals surface area contributed by atoms with Gasteiger partial charge in [-0.05, 0) is 56.5 Å². The largest absolute Gasteiger partial charge is 0.493 e. The molecule has 0 radical (unpaired) electrons. The highest BCUT2D eigenvalue weighted by molar-refractivity contribution is 7.99. The van der Waals surface area contributed by atoms with Crippen molar-refractivity contribution in [1.29, 1.82) is 0 Å². The van der Waals surface area contributed by atoms with Crippen molar-refractivity contribution in [3.05, 3.63) is 23.5 Å². The smallest absolute Gasteiger partial charge is 0.231 e. The SMILES string of the molecule is COc1cc(CN2CCC(c3nnc(SC[C@H]4CCCO4)n3C)CC2)cc2c1OCO2. The predicted octanol–water partition coefficient (Wildman–Crippen LogP) is 3.20. The van der Waals surface area contributed by atoms with Crippen molar-refractivity contribution in [1.82, 2.24) is 19.7 Å². The second-order valence-corrected chi connectivity index (χ2v) is 9.42. The van der Waals surface area contributed by atoms with Gasteiger partial charge in [0.15, 0.2) is 16.7 Å². The maximum Gasteiger partial charge on any atom is 0.231 e. The fraction of sp³-hybridized carbons (Fsp3) is 0.636. The number of rotatable bonds is 7. The molecule has 0 bridgehead atoms. The van der Waals surface area contributed by atoms with E-state index in [4.69, 9.17) is 18.9 Å². The minimum absolute atomic E-state index is 0.256. The monoisotopic (exact) mass is 446 g/mol. The third-order valence-corrected chi connectivity index (χ3v) is 7.52. The van der Waals surface area contributed by atoms with Gasteiger partial charge in [-0.1, -0.05) is 11.8 Å². The Labute approximate surface area is 187 Å². The van der Waals surface area contributed by atoms with Gasteiger partial charge in [0.05, 0.1) is 13.2 Å². The van der Waals surface area contributed by atoms with Gasteiger partial charge < -0.3 is 23.5 Å². The van der Waals surface area contributed by atoms with E-state index in [0.29, 0.717) is 17.8 Å². The zero-order chi connectivity index (χ0) is 21.2. The standard InChI is InChI=1S/C22H30N4O4S/c1-25-21(23-24-22(25)31-13-17-4-3-9-28-17)16-5-7-26(8-6-16)12-15-10-18(27-2)20-19(11-15)29-14-30-20/h10-11,16-17H,3-9,12-14H2,1-2H3/t17-/m1/s1. The van der Waals surface area contributed by atoms with Gasteiger partial charge in [0.2, 0.25) is 12.5 Å².